The van der Waals surface area contributed by atoms with Gasteiger partial charge in [0.1, 0.15) is 5.82 Å². The molecule has 0 aliphatic heterocycles. The Hall–Kier alpha value is -0.640. The summed E-state index contributed by atoms with van der Waals surface area (Å²) in [5, 5.41) is 8.75. The largest absolute Gasteiger partial charge is 0.395 e. The second-order valence-corrected chi connectivity index (χ2v) is 6.31. The normalized spacial score (nSPS) is 12.4. The summed E-state index contributed by atoms with van der Waals surface area (Å²) in [6.45, 7) is -2.09. The maximum absolute atomic E-state index is 12.9. The van der Waals surface area contributed by atoms with Crippen molar-refractivity contribution < 1.29 is 26.7 Å². The van der Waals surface area contributed by atoms with Gasteiger partial charge in [0.05, 0.1) is 18.0 Å². The molecule has 9 heteroatoms. The van der Waals surface area contributed by atoms with Crippen molar-refractivity contribution >= 4 is 26.0 Å². The van der Waals surface area contributed by atoms with Crippen molar-refractivity contribution in [2.45, 2.75) is 11.3 Å². The van der Waals surface area contributed by atoms with Crippen molar-refractivity contribution in [1.82, 2.24) is 4.31 Å². The molecule has 1 rings (SSSR count). The summed E-state index contributed by atoms with van der Waals surface area (Å²) in [4.78, 5) is -0.331. The molecule has 19 heavy (non-hydrogen) atoms. The van der Waals surface area contributed by atoms with Crippen molar-refractivity contribution in [3.8, 4) is 0 Å². The minimum atomic E-state index is -4.23. The monoisotopic (exact) mass is 361 g/mol. The lowest BCUT2D eigenvalue weighted by atomic mass is 10.3. The van der Waals surface area contributed by atoms with Crippen LogP contribution in [0.2, 0.25) is 0 Å². The van der Waals surface area contributed by atoms with Crippen molar-refractivity contribution in [1.29, 1.82) is 0 Å². The fourth-order valence-electron chi connectivity index (χ4n) is 1.40. The van der Waals surface area contributed by atoms with Crippen LogP contribution in [0.5, 0.6) is 0 Å². The third kappa shape index (κ3) is 4.16. The Morgan fingerprint density at radius 3 is 2.47 bits per heavy atom. The van der Waals surface area contributed by atoms with Crippen LogP contribution < -0.4 is 0 Å². The summed E-state index contributed by atoms with van der Waals surface area (Å²) < 4.78 is 62.2. The van der Waals surface area contributed by atoms with E-state index in [-0.39, 0.29) is 9.37 Å². The topological polar surface area (TPSA) is 57.6 Å². The summed E-state index contributed by atoms with van der Waals surface area (Å²) in [5.74, 6) is -0.659. The SMILES string of the molecule is O=S(=O)(c1ccc(F)cc1Br)N(CCO)CC(F)F. The zero-order valence-corrected chi connectivity index (χ0v) is 12.0. The molecule has 1 aromatic carbocycles. The van der Waals surface area contributed by atoms with Gasteiger partial charge in [0.15, 0.2) is 0 Å². The number of alkyl halides is 2. The van der Waals surface area contributed by atoms with Gasteiger partial charge >= 0.3 is 0 Å². The minimum absolute atomic E-state index is 0.0651. The van der Waals surface area contributed by atoms with E-state index in [1.807, 2.05) is 0 Å². The molecule has 108 valence electrons. The van der Waals surface area contributed by atoms with E-state index in [1.165, 1.54) is 0 Å². The van der Waals surface area contributed by atoms with Crippen molar-refractivity contribution in [3.63, 3.8) is 0 Å². The molecule has 0 unspecified atom stereocenters. The highest BCUT2D eigenvalue weighted by Gasteiger charge is 2.28. The van der Waals surface area contributed by atoms with E-state index < -0.39 is 42.0 Å². The Bertz CT molecular complexity index is 539. The molecule has 0 heterocycles. The fraction of sp³-hybridized carbons (Fsp3) is 0.400. The van der Waals surface area contributed by atoms with Gasteiger partial charge in [0, 0.05) is 11.0 Å². The van der Waals surface area contributed by atoms with Gasteiger partial charge in [0.25, 0.3) is 6.43 Å². The number of sulfonamides is 1. The first kappa shape index (κ1) is 16.4. The Morgan fingerprint density at radius 1 is 1.37 bits per heavy atom. The number of hydrogen-bond acceptors (Lipinski definition) is 3. The molecule has 0 aliphatic rings. The lowest BCUT2D eigenvalue weighted by molar-refractivity contribution is 0.113. The van der Waals surface area contributed by atoms with Crippen LogP contribution in [0, 0.1) is 5.82 Å². The van der Waals surface area contributed by atoms with Crippen LogP contribution in [0.25, 0.3) is 0 Å². The average Bonchev–Trinajstić information content (AvgIpc) is 2.27. The Morgan fingerprint density at radius 2 is 2.00 bits per heavy atom. The van der Waals surface area contributed by atoms with Crippen LogP contribution in [0.4, 0.5) is 13.2 Å². The van der Waals surface area contributed by atoms with Gasteiger partial charge in [-0.2, -0.15) is 4.31 Å². The quantitative estimate of drug-likeness (QED) is 0.840. The molecule has 0 saturated carbocycles. The summed E-state index contributed by atoms with van der Waals surface area (Å²) in [6.07, 6.45) is -2.87. The van der Waals surface area contributed by atoms with E-state index in [4.69, 9.17) is 5.11 Å². The summed E-state index contributed by atoms with van der Waals surface area (Å²) in [7, 11) is -4.23. The Kier molecular flexibility index (Phi) is 5.78. The maximum atomic E-state index is 12.9. The molecule has 0 fully saturated rings. The third-order valence-corrected chi connectivity index (χ3v) is 5.04. The van der Waals surface area contributed by atoms with Crippen molar-refractivity contribution in [2.24, 2.45) is 0 Å². The summed E-state index contributed by atoms with van der Waals surface area (Å²) in [5.41, 5.74) is 0. The van der Waals surface area contributed by atoms with Gasteiger partial charge < -0.3 is 5.11 Å². The predicted molar refractivity (Wildman–Crippen MR) is 65.9 cm³/mol. The summed E-state index contributed by atoms with van der Waals surface area (Å²) >= 11 is 2.87. The Labute approximate surface area is 117 Å². The molecule has 0 bridgehead atoms. The number of aliphatic hydroxyl groups excluding tert-OH is 1. The molecule has 0 radical (unpaired) electrons. The molecule has 0 spiro atoms. The van der Waals surface area contributed by atoms with Crippen LogP contribution in [0.1, 0.15) is 0 Å². The molecule has 0 aliphatic carbocycles. The van der Waals surface area contributed by atoms with Crippen LogP contribution in [0.3, 0.4) is 0 Å². The minimum Gasteiger partial charge on any atom is -0.395 e. The predicted octanol–water partition coefficient (Wildman–Crippen LogP) is 1.84. The molecule has 0 saturated heterocycles. The van der Waals surface area contributed by atoms with Gasteiger partial charge in [-0.3, -0.25) is 0 Å². The highest BCUT2D eigenvalue weighted by molar-refractivity contribution is 9.10. The molecule has 1 aromatic rings. The van der Waals surface area contributed by atoms with Gasteiger partial charge in [-0.15, -0.1) is 0 Å². The van der Waals surface area contributed by atoms with E-state index >= 15 is 0 Å². The molecule has 1 N–H and O–H groups in total. The van der Waals surface area contributed by atoms with Gasteiger partial charge in [0.2, 0.25) is 10.0 Å². The smallest absolute Gasteiger partial charge is 0.252 e. The molecular formula is C10H11BrF3NO3S. The lowest BCUT2D eigenvalue weighted by Gasteiger charge is -2.21. The molecular weight excluding hydrogens is 351 g/mol. The average molecular weight is 362 g/mol. The van der Waals surface area contributed by atoms with Crippen LogP contribution in [-0.2, 0) is 10.0 Å². The first-order valence-electron chi connectivity index (χ1n) is 5.13. The van der Waals surface area contributed by atoms with E-state index in [2.05, 4.69) is 15.9 Å². The number of nitrogens with zero attached hydrogens (tertiary/aromatic N) is 1. The summed E-state index contributed by atoms with van der Waals surface area (Å²) in [6, 6.07) is 2.81. The van der Waals surface area contributed by atoms with Crippen molar-refractivity contribution in [3.05, 3.63) is 28.5 Å². The van der Waals surface area contributed by atoms with E-state index in [1.54, 1.807) is 0 Å². The molecule has 0 aromatic heterocycles. The van der Waals surface area contributed by atoms with Gasteiger partial charge in [-0.25, -0.2) is 21.6 Å². The standard InChI is InChI=1S/C10H11BrF3NO3S/c11-8-5-7(12)1-2-9(8)19(17,18)15(3-4-16)6-10(13)14/h1-2,5,10,16H,3-4,6H2. The molecule has 0 amide bonds. The molecule has 4 nitrogen and oxygen atoms in total. The van der Waals surface area contributed by atoms with Gasteiger partial charge in [-0.1, -0.05) is 0 Å². The first-order valence-corrected chi connectivity index (χ1v) is 7.36. The zero-order valence-electron chi connectivity index (χ0n) is 9.56. The van der Waals surface area contributed by atoms with Crippen molar-refractivity contribution in [2.75, 3.05) is 19.7 Å². The molecule has 0 atom stereocenters. The Balaban J connectivity index is 3.18. The van der Waals surface area contributed by atoms with E-state index in [0.717, 1.165) is 18.2 Å². The van der Waals surface area contributed by atoms with E-state index in [0.29, 0.717) is 4.31 Å². The maximum Gasteiger partial charge on any atom is 0.252 e. The van der Waals surface area contributed by atoms with Crippen LogP contribution in [0.15, 0.2) is 27.6 Å². The fourth-order valence-corrected chi connectivity index (χ4v) is 3.82. The lowest BCUT2D eigenvalue weighted by Crippen LogP contribution is -2.37. The second-order valence-electron chi connectivity index (χ2n) is 3.55. The van der Waals surface area contributed by atoms with E-state index in [9.17, 15) is 21.6 Å². The second kappa shape index (κ2) is 6.69. The number of aliphatic hydroxyl groups is 1. The third-order valence-electron chi connectivity index (χ3n) is 2.20. The van der Waals surface area contributed by atoms with Crippen LogP contribution in [-0.4, -0.2) is 44.0 Å². The highest BCUT2D eigenvalue weighted by Crippen LogP contribution is 2.26. The van der Waals surface area contributed by atoms with Gasteiger partial charge in [-0.05, 0) is 34.1 Å². The first-order chi connectivity index (χ1) is 8.78. The number of halogens is 4. The number of benzene rings is 1. The number of hydrogen-bond donors (Lipinski definition) is 1. The number of rotatable bonds is 6. The highest BCUT2D eigenvalue weighted by atomic mass is 79.9. The zero-order chi connectivity index (χ0) is 14.6. The van der Waals surface area contributed by atoms with Crippen LogP contribution >= 0.6 is 15.9 Å².